The minimum absolute atomic E-state index is 0.157. The summed E-state index contributed by atoms with van der Waals surface area (Å²) in [6.45, 7) is 4.63. The molecule has 0 aliphatic rings. The Kier molecular flexibility index (Phi) is 3.22. The average Bonchev–Trinajstić information content (AvgIpc) is 2.96. The minimum Gasteiger partial charge on any atom is -0.319 e. The zero-order valence-electron chi connectivity index (χ0n) is 11.7. The van der Waals surface area contributed by atoms with Crippen LogP contribution in [0, 0.1) is 6.92 Å². The summed E-state index contributed by atoms with van der Waals surface area (Å²) in [7, 11) is 1.94. The first-order valence-corrected chi connectivity index (χ1v) is 6.94. The van der Waals surface area contributed by atoms with Crippen molar-refractivity contribution in [2.24, 2.45) is 7.05 Å². The molecule has 6 heteroatoms. The summed E-state index contributed by atoms with van der Waals surface area (Å²) in [5.41, 5.74) is 3.26. The number of imidazole rings is 1. The molecule has 0 aliphatic carbocycles. The highest BCUT2D eigenvalue weighted by Crippen LogP contribution is 2.27. The maximum absolute atomic E-state index is 6.29. The Morgan fingerprint density at radius 1 is 1.35 bits per heavy atom. The molecule has 20 heavy (non-hydrogen) atoms. The summed E-state index contributed by atoms with van der Waals surface area (Å²) in [5, 5.41) is 7.92. The number of aryl methyl sites for hydroxylation is 2. The van der Waals surface area contributed by atoms with Crippen molar-refractivity contribution in [2.45, 2.75) is 25.8 Å². The number of aromatic nitrogens is 5. The molecule has 0 amide bonds. The summed E-state index contributed by atoms with van der Waals surface area (Å²) in [5.74, 6) is 1.74. The predicted octanol–water partition coefficient (Wildman–Crippen LogP) is 2.82. The van der Waals surface area contributed by atoms with Crippen LogP contribution < -0.4 is 0 Å². The Labute approximate surface area is 122 Å². The number of fused-ring (bicyclic) bond motifs is 1. The normalized spacial score (nSPS) is 13.0. The second-order valence-electron chi connectivity index (χ2n) is 4.97. The molecule has 0 bridgehead atoms. The molecule has 5 nitrogen and oxygen atoms in total. The lowest BCUT2D eigenvalue weighted by Crippen LogP contribution is -2.10. The fourth-order valence-electron chi connectivity index (χ4n) is 2.44. The van der Waals surface area contributed by atoms with Crippen LogP contribution in [0.15, 0.2) is 24.5 Å². The SMILES string of the molecule is Cc1cccc2nc(C(C)Cl)n(Cc3nncn3C)c12. The monoisotopic (exact) mass is 289 g/mol. The maximum atomic E-state index is 6.29. The minimum atomic E-state index is -0.157. The van der Waals surface area contributed by atoms with Crippen LogP contribution in [0.2, 0.25) is 0 Å². The van der Waals surface area contributed by atoms with Crippen molar-refractivity contribution in [1.29, 1.82) is 0 Å². The van der Waals surface area contributed by atoms with Gasteiger partial charge in [-0.1, -0.05) is 12.1 Å². The topological polar surface area (TPSA) is 48.5 Å². The number of benzene rings is 1. The van der Waals surface area contributed by atoms with E-state index in [1.165, 1.54) is 5.56 Å². The molecule has 0 radical (unpaired) electrons. The quantitative estimate of drug-likeness (QED) is 0.697. The van der Waals surface area contributed by atoms with Gasteiger partial charge in [-0.2, -0.15) is 0 Å². The van der Waals surface area contributed by atoms with Gasteiger partial charge in [-0.15, -0.1) is 21.8 Å². The van der Waals surface area contributed by atoms with Gasteiger partial charge in [0.15, 0.2) is 5.82 Å². The molecule has 1 aromatic carbocycles. The van der Waals surface area contributed by atoms with Gasteiger partial charge in [0.2, 0.25) is 0 Å². The molecule has 2 aromatic heterocycles. The first-order valence-electron chi connectivity index (χ1n) is 6.50. The van der Waals surface area contributed by atoms with Crippen LogP contribution in [0.4, 0.5) is 0 Å². The second kappa shape index (κ2) is 4.90. The van der Waals surface area contributed by atoms with E-state index in [2.05, 4.69) is 32.7 Å². The van der Waals surface area contributed by atoms with Crippen LogP contribution in [0.3, 0.4) is 0 Å². The summed E-state index contributed by atoms with van der Waals surface area (Å²) >= 11 is 6.29. The van der Waals surface area contributed by atoms with Gasteiger partial charge in [-0.3, -0.25) is 0 Å². The number of alkyl halides is 1. The third-order valence-electron chi connectivity index (χ3n) is 3.46. The molecule has 2 heterocycles. The highest BCUT2D eigenvalue weighted by Gasteiger charge is 2.17. The van der Waals surface area contributed by atoms with Crippen molar-refractivity contribution in [1.82, 2.24) is 24.3 Å². The Morgan fingerprint density at radius 3 is 2.80 bits per heavy atom. The summed E-state index contributed by atoms with van der Waals surface area (Å²) in [6, 6.07) is 6.11. The van der Waals surface area contributed by atoms with Gasteiger partial charge in [0.1, 0.15) is 12.2 Å². The van der Waals surface area contributed by atoms with Gasteiger partial charge in [0.05, 0.1) is 23.0 Å². The molecule has 0 spiro atoms. The molecule has 0 N–H and O–H groups in total. The lowest BCUT2D eigenvalue weighted by molar-refractivity contribution is 0.674. The smallest absolute Gasteiger partial charge is 0.152 e. The number of rotatable bonds is 3. The van der Waals surface area contributed by atoms with Gasteiger partial charge in [0.25, 0.3) is 0 Å². The summed E-state index contributed by atoms with van der Waals surface area (Å²) in [4.78, 5) is 4.66. The van der Waals surface area contributed by atoms with Crippen LogP contribution in [0.25, 0.3) is 11.0 Å². The average molecular weight is 290 g/mol. The predicted molar refractivity (Wildman–Crippen MR) is 78.8 cm³/mol. The Balaban J connectivity index is 2.21. The van der Waals surface area contributed by atoms with E-state index < -0.39 is 0 Å². The van der Waals surface area contributed by atoms with Gasteiger partial charge < -0.3 is 9.13 Å². The molecule has 104 valence electrons. The van der Waals surface area contributed by atoms with E-state index in [0.29, 0.717) is 6.54 Å². The van der Waals surface area contributed by atoms with E-state index in [-0.39, 0.29) is 5.38 Å². The molecule has 1 atom stereocenters. The molecule has 0 saturated carbocycles. The standard InChI is InChI=1S/C14H16ClN5/c1-9-5-4-6-11-13(9)20(14(17-11)10(2)15)7-12-18-16-8-19(12)3/h4-6,8,10H,7H2,1-3H3. The van der Waals surface area contributed by atoms with Crippen LogP contribution in [-0.2, 0) is 13.6 Å². The van der Waals surface area contributed by atoms with E-state index in [9.17, 15) is 0 Å². The van der Waals surface area contributed by atoms with Crippen molar-refractivity contribution >= 4 is 22.6 Å². The molecule has 0 aliphatic heterocycles. The first kappa shape index (κ1) is 13.1. The van der Waals surface area contributed by atoms with Gasteiger partial charge in [-0.25, -0.2) is 4.98 Å². The Morgan fingerprint density at radius 2 is 2.15 bits per heavy atom. The number of hydrogen-bond acceptors (Lipinski definition) is 3. The van der Waals surface area contributed by atoms with Gasteiger partial charge >= 0.3 is 0 Å². The van der Waals surface area contributed by atoms with Gasteiger partial charge in [-0.05, 0) is 25.5 Å². The molecular formula is C14H16ClN5. The number of hydrogen-bond donors (Lipinski definition) is 0. The van der Waals surface area contributed by atoms with Crippen molar-refractivity contribution in [3.05, 3.63) is 41.7 Å². The zero-order chi connectivity index (χ0) is 14.3. The number of nitrogens with zero attached hydrogens (tertiary/aromatic N) is 5. The van der Waals surface area contributed by atoms with E-state index in [0.717, 1.165) is 22.7 Å². The van der Waals surface area contributed by atoms with E-state index >= 15 is 0 Å². The van der Waals surface area contributed by atoms with E-state index in [1.807, 2.05) is 30.7 Å². The van der Waals surface area contributed by atoms with Gasteiger partial charge in [0, 0.05) is 7.05 Å². The van der Waals surface area contributed by atoms with Crippen LogP contribution in [0.1, 0.15) is 29.5 Å². The summed E-state index contributed by atoms with van der Waals surface area (Å²) in [6.07, 6.45) is 1.70. The summed E-state index contributed by atoms with van der Waals surface area (Å²) < 4.78 is 4.04. The highest BCUT2D eigenvalue weighted by atomic mass is 35.5. The molecule has 3 aromatic rings. The van der Waals surface area contributed by atoms with Crippen molar-refractivity contribution < 1.29 is 0 Å². The van der Waals surface area contributed by atoms with Crippen LogP contribution in [0.5, 0.6) is 0 Å². The number of halogens is 1. The maximum Gasteiger partial charge on any atom is 0.152 e. The fraction of sp³-hybridized carbons (Fsp3) is 0.357. The zero-order valence-corrected chi connectivity index (χ0v) is 12.5. The fourth-order valence-corrected chi connectivity index (χ4v) is 2.61. The van der Waals surface area contributed by atoms with Crippen molar-refractivity contribution in [2.75, 3.05) is 0 Å². The Bertz CT molecular complexity index is 756. The first-order chi connectivity index (χ1) is 9.58. The molecule has 0 saturated heterocycles. The Hall–Kier alpha value is -1.88. The van der Waals surface area contributed by atoms with Crippen LogP contribution >= 0.6 is 11.6 Å². The highest BCUT2D eigenvalue weighted by molar-refractivity contribution is 6.20. The van der Waals surface area contributed by atoms with Crippen molar-refractivity contribution in [3.8, 4) is 0 Å². The second-order valence-corrected chi connectivity index (χ2v) is 5.63. The molecule has 1 unspecified atom stereocenters. The third kappa shape index (κ3) is 2.08. The van der Waals surface area contributed by atoms with Crippen LogP contribution in [-0.4, -0.2) is 24.3 Å². The van der Waals surface area contributed by atoms with E-state index in [1.54, 1.807) is 6.33 Å². The third-order valence-corrected chi connectivity index (χ3v) is 3.65. The molecule has 0 fully saturated rings. The van der Waals surface area contributed by atoms with Crippen molar-refractivity contribution in [3.63, 3.8) is 0 Å². The van der Waals surface area contributed by atoms with E-state index in [4.69, 9.17) is 11.6 Å². The molecule has 3 rings (SSSR count). The lowest BCUT2D eigenvalue weighted by Gasteiger charge is -2.11. The lowest BCUT2D eigenvalue weighted by atomic mass is 10.2. The number of para-hydroxylation sites is 1. The molecular weight excluding hydrogens is 274 g/mol. The largest absolute Gasteiger partial charge is 0.319 e.